The molecule has 0 aliphatic carbocycles. The third-order valence-electron chi connectivity index (χ3n) is 3.67. The van der Waals surface area contributed by atoms with Crippen LogP contribution in [0.4, 0.5) is 0 Å². The first-order valence-corrected chi connectivity index (χ1v) is 8.93. The van der Waals surface area contributed by atoms with Crippen molar-refractivity contribution in [2.45, 2.75) is 19.8 Å². The summed E-state index contributed by atoms with van der Waals surface area (Å²) < 4.78 is 31.0. The lowest BCUT2D eigenvalue weighted by atomic mass is 9.98. The fourth-order valence-corrected chi connectivity index (χ4v) is 3.64. The molecule has 1 heterocycles. The van der Waals surface area contributed by atoms with E-state index in [0.717, 1.165) is 5.56 Å². The van der Waals surface area contributed by atoms with Gasteiger partial charge in [-0.2, -0.15) is 4.31 Å². The SMILES string of the molecule is CCOC(=O)C1CCN(S(=O)(=O)/C=C/c2ccccc2)CC1. The first kappa shape index (κ1) is 16.7. The van der Waals surface area contributed by atoms with Crippen LogP contribution in [0.25, 0.3) is 6.08 Å². The van der Waals surface area contributed by atoms with Crippen LogP contribution in [0.2, 0.25) is 0 Å². The van der Waals surface area contributed by atoms with Gasteiger partial charge in [-0.15, -0.1) is 0 Å². The standard InChI is InChI=1S/C16H21NO4S/c1-2-21-16(18)15-8-11-17(12-9-15)22(19,20)13-10-14-6-4-3-5-7-14/h3-7,10,13,15H,2,8-9,11-12H2,1H3/b13-10+. The molecule has 5 nitrogen and oxygen atoms in total. The molecule has 1 aromatic carbocycles. The minimum Gasteiger partial charge on any atom is -0.466 e. The zero-order valence-corrected chi connectivity index (χ0v) is 13.5. The number of ether oxygens (including phenoxy) is 1. The maximum absolute atomic E-state index is 12.3. The first-order valence-electron chi connectivity index (χ1n) is 7.43. The Bertz CT molecular complexity index is 617. The van der Waals surface area contributed by atoms with Crippen molar-refractivity contribution in [1.82, 2.24) is 4.31 Å². The van der Waals surface area contributed by atoms with E-state index in [4.69, 9.17) is 4.74 Å². The molecule has 2 rings (SSSR count). The number of piperidine rings is 1. The van der Waals surface area contributed by atoms with Gasteiger partial charge in [0, 0.05) is 18.5 Å². The summed E-state index contributed by atoms with van der Waals surface area (Å²) in [7, 11) is -3.44. The fraction of sp³-hybridized carbons (Fsp3) is 0.438. The molecule has 0 spiro atoms. The fourth-order valence-electron chi connectivity index (χ4n) is 2.42. The van der Waals surface area contributed by atoms with Crippen LogP contribution in [0.5, 0.6) is 0 Å². The summed E-state index contributed by atoms with van der Waals surface area (Å²) >= 11 is 0. The second kappa shape index (κ2) is 7.56. The highest BCUT2D eigenvalue weighted by Crippen LogP contribution is 2.21. The minimum absolute atomic E-state index is 0.190. The number of hydrogen-bond donors (Lipinski definition) is 0. The van der Waals surface area contributed by atoms with E-state index < -0.39 is 10.0 Å². The number of nitrogens with zero attached hydrogens (tertiary/aromatic N) is 1. The Labute approximate surface area is 131 Å². The Balaban J connectivity index is 1.95. The van der Waals surface area contributed by atoms with Gasteiger partial charge < -0.3 is 4.74 Å². The van der Waals surface area contributed by atoms with Crippen LogP contribution in [0, 0.1) is 5.92 Å². The second-order valence-electron chi connectivity index (χ2n) is 5.18. The zero-order chi connectivity index (χ0) is 16.0. The lowest BCUT2D eigenvalue weighted by molar-refractivity contribution is -0.149. The molecule has 0 saturated carbocycles. The summed E-state index contributed by atoms with van der Waals surface area (Å²) in [5.41, 5.74) is 0.840. The van der Waals surface area contributed by atoms with Gasteiger partial charge in [-0.3, -0.25) is 4.79 Å². The van der Waals surface area contributed by atoms with Gasteiger partial charge in [-0.05, 0) is 31.4 Å². The van der Waals surface area contributed by atoms with Crippen LogP contribution in [0.3, 0.4) is 0 Å². The van der Waals surface area contributed by atoms with Crippen LogP contribution in [0.1, 0.15) is 25.3 Å². The normalized spacial score (nSPS) is 17.7. The quantitative estimate of drug-likeness (QED) is 0.780. The Morgan fingerprint density at radius 2 is 1.91 bits per heavy atom. The molecule has 0 radical (unpaired) electrons. The van der Waals surface area contributed by atoms with Gasteiger partial charge in [0.15, 0.2) is 0 Å². The van der Waals surface area contributed by atoms with Crippen molar-refractivity contribution in [3.05, 3.63) is 41.3 Å². The highest BCUT2D eigenvalue weighted by atomic mass is 32.2. The van der Waals surface area contributed by atoms with Gasteiger partial charge >= 0.3 is 5.97 Å². The van der Waals surface area contributed by atoms with Gasteiger partial charge in [0.1, 0.15) is 0 Å². The van der Waals surface area contributed by atoms with Crippen molar-refractivity contribution in [3.8, 4) is 0 Å². The van der Waals surface area contributed by atoms with Crippen molar-refractivity contribution in [3.63, 3.8) is 0 Å². The molecule has 6 heteroatoms. The molecular formula is C16H21NO4S. The molecule has 22 heavy (non-hydrogen) atoms. The maximum Gasteiger partial charge on any atom is 0.309 e. The number of carbonyl (C=O) groups excluding carboxylic acids is 1. The van der Waals surface area contributed by atoms with Crippen molar-refractivity contribution in [2.24, 2.45) is 5.92 Å². The van der Waals surface area contributed by atoms with Gasteiger partial charge in [0.05, 0.1) is 12.5 Å². The Kier molecular flexibility index (Phi) is 5.74. The Morgan fingerprint density at radius 3 is 2.50 bits per heavy atom. The smallest absolute Gasteiger partial charge is 0.309 e. The zero-order valence-electron chi connectivity index (χ0n) is 12.6. The van der Waals surface area contributed by atoms with E-state index in [-0.39, 0.29) is 11.9 Å². The number of benzene rings is 1. The van der Waals surface area contributed by atoms with E-state index >= 15 is 0 Å². The third kappa shape index (κ3) is 4.42. The number of rotatable bonds is 5. The predicted molar refractivity (Wildman–Crippen MR) is 85.3 cm³/mol. The molecule has 0 amide bonds. The van der Waals surface area contributed by atoms with E-state index in [9.17, 15) is 13.2 Å². The molecular weight excluding hydrogens is 302 g/mol. The lowest BCUT2D eigenvalue weighted by Crippen LogP contribution is -2.39. The molecule has 1 aliphatic rings. The number of sulfonamides is 1. The van der Waals surface area contributed by atoms with Gasteiger partial charge in [0.2, 0.25) is 10.0 Å². The van der Waals surface area contributed by atoms with Crippen molar-refractivity contribution >= 4 is 22.1 Å². The highest BCUT2D eigenvalue weighted by molar-refractivity contribution is 7.92. The number of hydrogen-bond acceptors (Lipinski definition) is 4. The van der Waals surface area contributed by atoms with Crippen molar-refractivity contribution in [1.29, 1.82) is 0 Å². The summed E-state index contributed by atoms with van der Waals surface area (Å²) in [6.07, 6.45) is 2.61. The van der Waals surface area contributed by atoms with E-state index in [1.807, 2.05) is 30.3 Å². The van der Waals surface area contributed by atoms with Crippen LogP contribution >= 0.6 is 0 Å². The molecule has 1 aliphatic heterocycles. The van der Waals surface area contributed by atoms with Gasteiger partial charge in [0.25, 0.3) is 0 Å². The minimum atomic E-state index is -3.44. The molecule has 1 fully saturated rings. The van der Waals surface area contributed by atoms with Gasteiger partial charge in [-0.25, -0.2) is 8.42 Å². The van der Waals surface area contributed by atoms with E-state index in [1.165, 1.54) is 9.71 Å². The lowest BCUT2D eigenvalue weighted by Gasteiger charge is -2.29. The van der Waals surface area contributed by atoms with E-state index in [2.05, 4.69) is 0 Å². The molecule has 120 valence electrons. The van der Waals surface area contributed by atoms with Crippen molar-refractivity contribution in [2.75, 3.05) is 19.7 Å². The highest BCUT2D eigenvalue weighted by Gasteiger charge is 2.30. The number of carbonyl (C=O) groups is 1. The molecule has 0 unspecified atom stereocenters. The third-order valence-corrected chi connectivity index (χ3v) is 5.23. The monoisotopic (exact) mass is 323 g/mol. The topological polar surface area (TPSA) is 63.7 Å². The summed E-state index contributed by atoms with van der Waals surface area (Å²) in [6, 6.07) is 9.29. The van der Waals surface area contributed by atoms with Crippen LogP contribution in [0.15, 0.2) is 35.7 Å². The Hall–Kier alpha value is -1.66. The van der Waals surface area contributed by atoms with E-state index in [0.29, 0.717) is 32.5 Å². The first-order chi connectivity index (χ1) is 10.5. The number of esters is 1. The van der Waals surface area contributed by atoms with Crippen LogP contribution < -0.4 is 0 Å². The average molecular weight is 323 g/mol. The molecule has 0 aromatic heterocycles. The Morgan fingerprint density at radius 1 is 1.27 bits per heavy atom. The molecule has 0 atom stereocenters. The van der Waals surface area contributed by atoms with Crippen molar-refractivity contribution < 1.29 is 17.9 Å². The molecule has 0 N–H and O–H groups in total. The largest absolute Gasteiger partial charge is 0.466 e. The molecule has 1 saturated heterocycles. The molecule has 0 bridgehead atoms. The second-order valence-corrected chi connectivity index (χ2v) is 7.00. The predicted octanol–water partition coefficient (Wildman–Crippen LogP) is 2.26. The van der Waals surface area contributed by atoms with Crippen LogP contribution in [-0.2, 0) is 19.6 Å². The van der Waals surface area contributed by atoms with Gasteiger partial charge in [-0.1, -0.05) is 30.3 Å². The summed E-state index contributed by atoms with van der Waals surface area (Å²) in [5, 5.41) is 1.23. The summed E-state index contributed by atoms with van der Waals surface area (Å²) in [4.78, 5) is 11.7. The maximum atomic E-state index is 12.3. The summed E-state index contributed by atoms with van der Waals surface area (Å²) in [6.45, 7) is 2.83. The molecule has 1 aromatic rings. The summed E-state index contributed by atoms with van der Waals surface area (Å²) in [5.74, 6) is -0.413. The van der Waals surface area contributed by atoms with E-state index in [1.54, 1.807) is 13.0 Å². The van der Waals surface area contributed by atoms with Crippen LogP contribution in [-0.4, -0.2) is 38.4 Å². The average Bonchev–Trinajstić information content (AvgIpc) is 2.54.